The summed E-state index contributed by atoms with van der Waals surface area (Å²) in [5.74, 6) is 0.378. The van der Waals surface area contributed by atoms with Crippen molar-refractivity contribution < 1.29 is 14.7 Å². The van der Waals surface area contributed by atoms with Crippen molar-refractivity contribution in [3.8, 4) is 0 Å². The third-order valence-electron chi connectivity index (χ3n) is 3.93. The number of oxime groups is 1. The molecule has 1 rings (SSSR count). The molecular formula is C13H26N4O3. The number of methoxy groups -OCH3 is 1. The first-order chi connectivity index (χ1) is 9.49. The highest BCUT2D eigenvalue weighted by Gasteiger charge is 2.25. The number of hydrogen-bond acceptors (Lipinski definition) is 5. The number of hydrogen-bond donors (Lipinski definition) is 2. The lowest BCUT2D eigenvalue weighted by Crippen LogP contribution is -2.54. The van der Waals surface area contributed by atoms with Gasteiger partial charge in [0.2, 0.25) is 5.91 Å². The van der Waals surface area contributed by atoms with Gasteiger partial charge in [-0.2, -0.15) is 0 Å². The summed E-state index contributed by atoms with van der Waals surface area (Å²) in [6.45, 7) is 6.70. The largest absolute Gasteiger partial charge is 0.409 e. The Balaban J connectivity index is 2.36. The standard InChI is InChI=1S/C13H26N4O3/c1-10(20-3)4-5-12(18)17-8-6-16(7-9-17)11(2)13(14)15-19/h10-11,19H,4-9H2,1-3H3,(H2,14,15). The summed E-state index contributed by atoms with van der Waals surface area (Å²) in [5.41, 5.74) is 5.60. The molecule has 0 aromatic carbocycles. The van der Waals surface area contributed by atoms with E-state index >= 15 is 0 Å². The molecule has 1 saturated heterocycles. The van der Waals surface area contributed by atoms with E-state index in [9.17, 15) is 4.79 Å². The van der Waals surface area contributed by atoms with Gasteiger partial charge < -0.3 is 20.6 Å². The third-order valence-corrected chi connectivity index (χ3v) is 3.93. The highest BCUT2D eigenvalue weighted by molar-refractivity contribution is 5.84. The quantitative estimate of drug-likeness (QED) is 0.312. The second kappa shape index (κ2) is 8.06. The Morgan fingerprint density at radius 1 is 1.35 bits per heavy atom. The van der Waals surface area contributed by atoms with E-state index in [-0.39, 0.29) is 23.9 Å². The first-order valence-corrected chi connectivity index (χ1v) is 7.01. The summed E-state index contributed by atoms with van der Waals surface area (Å²) < 4.78 is 5.15. The summed E-state index contributed by atoms with van der Waals surface area (Å²) in [5, 5.41) is 11.7. The van der Waals surface area contributed by atoms with Crippen molar-refractivity contribution in [1.82, 2.24) is 9.80 Å². The minimum absolute atomic E-state index is 0.106. The molecule has 2 atom stereocenters. The van der Waals surface area contributed by atoms with Crippen LogP contribution in [0.1, 0.15) is 26.7 Å². The topological polar surface area (TPSA) is 91.4 Å². The van der Waals surface area contributed by atoms with Gasteiger partial charge in [-0.05, 0) is 20.3 Å². The number of piperazine rings is 1. The van der Waals surface area contributed by atoms with Gasteiger partial charge in [0.25, 0.3) is 0 Å². The van der Waals surface area contributed by atoms with Crippen molar-refractivity contribution >= 4 is 11.7 Å². The summed E-state index contributed by atoms with van der Waals surface area (Å²) in [6.07, 6.45) is 1.38. The number of amidine groups is 1. The van der Waals surface area contributed by atoms with E-state index in [2.05, 4.69) is 10.1 Å². The fourth-order valence-electron chi connectivity index (χ4n) is 2.23. The van der Waals surface area contributed by atoms with Crippen LogP contribution >= 0.6 is 0 Å². The first-order valence-electron chi connectivity index (χ1n) is 7.01. The van der Waals surface area contributed by atoms with E-state index in [0.29, 0.717) is 19.5 Å². The Hall–Kier alpha value is -1.34. The molecule has 1 fully saturated rings. The smallest absolute Gasteiger partial charge is 0.222 e. The zero-order valence-corrected chi connectivity index (χ0v) is 12.6. The molecule has 2 unspecified atom stereocenters. The van der Waals surface area contributed by atoms with Crippen LogP contribution in [-0.2, 0) is 9.53 Å². The van der Waals surface area contributed by atoms with Crippen LogP contribution in [0.2, 0.25) is 0 Å². The summed E-state index contributed by atoms with van der Waals surface area (Å²) >= 11 is 0. The minimum atomic E-state index is -0.106. The third kappa shape index (κ3) is 4.64. The molecule has 0 saturated carbocycles. The van der Waals surface area contributed by atoms with Crippen molar-refractivity contribution in [2.45, 2.75) is 38.8 Å². The Morgan fingerprint density at radius 3 is 2.45 bits per heavy atom. The van der Waals surface area contributed by atoms with Crippen molar-refractivity contribution in [3.63, 3.8) is 0 Å². The fourth-order valence-corrected chi connectivity index (χ4v) is 2.23. The van der Waals surface area contributed by atoms with Gasteiger partial charge in [-0.1, -0.05) is 5.16 Å². The average molecular weight is 286 g/mol. The lowest BCUT2D eigenvalue weighted by atomic mass is 10.1. The molecule has 1 aliphatic heterocycles. The Kier molecular flexibility index (Phi) is 6.74. The highest BCUT2D eigenvalue weighted by atomic mass is 16.5. The molecular weight excluding hydrogens is 260 g/mol. The van der Waals surface area contributed by atoms with Crippen LogP contribution < -0.4 is 5.73 Å². The fraction of sp³-hybridized carbons (Fsp3) is 0.846. The number of rotatable bonds is 6. The van der Waals surface area contributed by atoms with Gasteiger partial charge in [0.05, 0.1) is 12.1 Å². The molecule has 7 heteroatoms. The van der Waals surface area contributed by atoms with E-state index in [1.165, 1.54) is 0 Å². The first kappa shape index (κ1) is 16.7. The maximum absolute atomic E-state index is 12.0. The number of amides is 1. The minimum Gasteiger partial charge on any atom is -0.409 e. The van der Waals surface area contributed by atoms with Crippen LogP contribution in [-0.4, -0.2) is 72.2 Å². The molecule has 1 amide bonds. The average Bonchev–Trinajstić information content (AvgIpc) is 2.50. The van der Waals surface area contributed by atoms with Crippen LogP contribution in [0.25, 0.3) is 0 Å². The Morgan fingerprint density at radius 2 is 1.95 bits per heavy atom. The predicted molar refractivity (Wildman–Crippen MR) is 76.7 cm³/mol. The zero-order valence-electron chi connectivity index (χ0n) is 12.6. The van der Waals surface area contributed by atoms with Crippen molar-refractivity contribution in [2.24, 2.45) is 10.9 Å². The summed E-state index contributed by atoms with van der Waals surface area (Å²) in [6, 6.07) is -0.106. The van der Waals surface area contributed by atoms with Gasteiger partial charge in [0.1, 0.15) is 0 Å². The SMILES string of the molecule is COC(C)CCC(=O)N1CCN(C(C)C(N)=NO)CC1. The Bertz CT molecular complexity index is 341. The molecule has 0 aromatic heterocycles. The maximum atomic E-state index is 12.0. The summed E-state index contributed by atoms with van der Waals surface area (Å²) in [7, 11) is 1.66. The molecule has 0 aromatic rings. The number of ether oxygens (including phenoxy) is 1. The van der Waals surface area contributed by atoms with Crippen LogP contribution in [0.4, 0.5) is 0 Å². The molecule has 0 radical (unpaired) electrons. The monoisotopic (exact) mass is 286 g/mol. The lowest BCUT2D eigenvalue weighted by Gasteiger charge is -2.37. The number of carbonyl (C=O) groups is 1. The van der Waals surface area contributed by atoms with Crippen molar-refractivity contribution in [3.05, 3.63) is 0 Å². The van der Waals surface area contributed by atoms with E-state index in [4.69, 9.17) is 15.7 Å². The molecule has 3 N–H and O–H groups in total. The van der Waals surface area contributed by atoms with Crippen LogP contribution in [0.5, 0.6) is 0 Å². The second-order valence-electron chi connectivity index (χ2n) is 5.20. The molecule has 0 bridgehead atoms. The molecule has 0 aliphatic carbocycles. The number of carbonyl (C=O) groups excluding carboxylic acids is 1. The van der Waals surface area contributed by atoms with Gasteiger partial charge in [-0.3, -0.25) is 9.69 Å². The summed E-state index contributed by atoms with van der Waals surface area (Å²) in [4.78, 5) is 16.0. The number of nitrogens with zero attached hydrogens (tertiary/aromatic N) is 3. The van der Waals surface area contributed by atoms with Crippen LogP contribution in [0, 0.1) is 0 Å². The maximum Gasteiger partial charge on any atom is 0.222 e. The van der Waals surface area contributed by atoms with E-state index < -0.39 is 0 Å². The molecule has 0 spiro atoms. The Labute approximate surface area is 120 Å². The van der Waals surface area contributed by atoms with Crippen molar-refractivity contribution in [1.29, 1.82) is 0 Å². The molecule has 1 heterocycles. The van der Waals surface area contributed by atoms with Gasteiger partial charge in [0.15, 0.2) is 5.84 Å². The van der Waals surface area contributed by atoms with Gasteiger partial charge >= 0.3 is 0 Å². The van der Waals surface area contributed by atoms with E-state index in [1.807, 2.05) is 18.7 Å². The second-order valence-corrected chi connectivity index (χ2v) is 5.20. The van der Waals surface area contributed by atoms with E-state index in [1.54, 1.807) is 7.11 Å². The van der Waals surface area contributed by atoms with Crippen molar-refractivity contribution in [2.75, 3.05) is 33.3 Å². The molecule has 1 aliphatic rings. The zero-order chi connectivity index (χ0) is 15.1. The van der Waals surface area contributed by atoms with Gasteiger partial charge in [-0.25, -0.2) is 0 Å². The molecule has 116 valence electrons. The van der Waals surface area contributed by atoms with Crippen LogP contribution in [0.15, 0.2) is 5.16 Å². The highest BCUT2D eigenvalue weighted by Crippen LogP contribution is 2.10. The van der Waals surface area contributed by atoms with Gasteiger partial charge in [-0.15, -0.1) is 0 Å². The van der Waals surface area contributed by atoms with Gasteiger partial charge in [0, 0.05) is 39.7 Å². The molecule has 7 nitrogen and oxygen atoms in total. The van der Waals surface area contributed by atoms with E-state index in [0.717, 1.165) is 19.5 Å². The lowest BCUT2D eigenvalue weighted by molar-refractivity contribution is -0.133. The normalized spacial score (nSPS) is 20.8. The predicted octanol–water partition coefficient (Wildman–Crippen LogP) is 0.0806. The molecule has 20 heavy (non-hydrogen) atoms. The van der Waals surface area contributed by atoms with Crippen LogP contribution in [0.3, 0.4) is 0 Å². The number of nitrogens with two attached hydrogens (primary N) is 1.